The quantitative estimate of drug-likeness (QED) is 0.743. The lowest BCUT2D eigenvalue weighted by molar-refractivity contribution is 0.0592. The summed E-state index contributed by atoms with van der Waals surface area (Å²) in [5.41, 5.74) is 0.897. The maximum Gasteiger partial charge on any atom is 0.358 e. The highest BCUT2D eigenvalue weighted by molar-refractivity contribution is 5.87. The molecule has 9 nitrogen and oxygen atoms in total. The van der Waals surface area contributed by atoms with Gasteiger partial charge in [-0.1, -0.05) is 0 Å². The molecule has 4 atom stereocenters. The minimum absolute atomic E-state index is 0.0292. The number of methoxy groups -OCH3 is 1. The fourth-order valence-electron chi connectivity index (χ4n) is 4.48. The maximum absolute atomic E-state index is 11.2. The van der Waals surface area contributed by atoms with Gasteiger partial charge in [-0.25, -0.2) is 4.79 Å². The molecule has 2 saturated carbocycles. The molecule has 0 bridgehead atoms. The summed E-state index contributed by atoms with van der Waals surface area (Å²) in [7, 11) is 1.34. The van der Waals surface area contributed by atoms with Gasteiger partial charge in [0, 0.05) is 26.2 Å². The second-order valence-corrected chi connectivity index (χ2v) is 8.63. The molecule has 4 fully saturated rings. The van der Waals surface area contributed by atoms with E-state index in [9.17, 15) is 4.79 Å². The monoisotopic (exact) mass is 410 g/mol. The van der Waals surface area contributed by atoms with E-state index in [0.29, 0.717) is 5.69 Å². The highest BCUT2D eigenvalue weighted by Gasteiger charge is 2.46. The van der Waals surface area contributed by atoms with Crippen LogP contribution in [0.4, 0.5) is 11.6 Å². The van der Waals surface area contributed by atoms with Crippen LogP contribution in [-0.4, -0.2) is 64.8 Å². The van der Waals surface area contributed by atoms with Gasteiger partial charge in [0.15, 0.2) is 17.3 Å². The molecule has 2 aromatic heterocycles. The second kappa shape index (κ2) is 7.79. The molecule has 4 heterocycles. The van der Waals surface area contributed by atoms with Crippen molar-refractivity contribution in [2.24, 2.45) is 23.7 Å². The molecule has 2 aliphatic carbocycles. The molecule has 4 unspecified atom stereocenters. The maximum atomic E-state index is 11.2. The first-order valence-electron chi connectivity index (χ1n) is 10.5. The molecular weight excluding hydrogens is 384 g/mol. The van der Waals surface area contributed by atoms with Gasteiger partial charge >= 0.3 is 5.97 Å². The molecule has 0 aromatic carbocycles. The van der Waals surface area contributed by atoms with Crippen LogP contribution in [0.15, 0.2) is 24.3 Å². The number of aliphatic hydroxyl groups is 1. The number of hydrogen-bond donors (Lipinski definition) is 1. The molecule has 158 valence electrons. The number of esters is 1. The van der Waals surface area contributed by atoms with Gasteiger partial charge in [-0.05, 0) is 60.8 Å². The fourth-order valence-corrected chi connectivity index (χ4v) is 4.48. The first-order valence-corrected chi connectivity index (χ1v) is 10.5. The van der Waals surface area contributed by atoms with Crippen LogP contribution in [0.1, 0.15) is 29.0 Å². The largest absolute Gasteiger partial charge is 0.464 e. The summed E-state index contributed by atoms with van der Waals surface area (Å²) >= 11 is 0. The number of hydrogen-bond acceptors (Lipinski definition) is 9. The van der Waals surface area contributed by atoms with Crippen LogP contribution in [0, 0.1) is 23.7 Å². The lowest BCUT2D eigenvalue weighted by Crippen LogP contribution is -2.23. The third-order valence-electron chi connectivity index (χ3n) is 6.52. The number of ether oxygens (including phenoxy) is 1. The highest BCUT2D eigenvalue weighted by atomic mass is 16.5. The Morgan fingerprint density at radius 3 is 1.83 bits per heavy atom. The van der Waals surface area contributed by atoms with Gasteiger partial charge in [-0.15, -0.1) is 15.3 Å². The normalized spacial score (nSPS) is 27.7. The lowest BCUT2D eigenvalue weighted by atomic mass is 10.3. The minimum atomic E-state index is -0.441. The second-order valence-electron chi connectivity index (χ2n) is 8.63. The molecule has 30 heavy (non-hydrogen) atoms. The van der Waals surface area contributed by atoms with Crippen LogP contribution in [0.3, 0.4) is 0 Å². The molecule has 0 amide bonds. The fraction of sp³-hybridized carbons (Fsp3) is 0.571. The van der Waals surface area contributed by atoms with Gasteiger partial charge in [0.25, 0.3) is 0 Å². The topological polar surface area (TPSA) is 105 Å². The number of piperidine rings is 2. The first kappa shape index (κ1) is 19.2. The van der Waals surface area contributed by atoms with E-state index in [1.165, 1.54) is 20.0 Å². The molecule has 0 radical (unpaired) electrons. The zero-order valence-electron chi connectivity index (χ0n) is 17.0. The number of aromatic nitrogens is 4. The average molecular weight is 410 g/mol. The predicted molar refractivity (Wildman–Crippen MR) is 109 cm³/mol. The molecule has 2 aromatic rings. The van der Waals surface area contributed by atoms with Crippen molar-refractivity contribution < 1.29 is 14.6 Å². The number of rotatable bonds is 4. The summed E-state index contributed by atoms with van der Waals surface area (Å²) < 4.78 is 4.57. The van der Waals surface area contributed by atoms with Gasteiger partial charge in [-0.3, -0.25) is 0 Å². The number of carbonyl (C=O) groups excluding carboxylic acids is 1. The van der Waals surface area contributed by atoms with Gasteiger partial charge in [-0.2, -0.15) is 5.10 Å². The molecule has 9 heteroatoms. The third kappa shape index (κ3) is 3.94. The zero-order valence-corrected chi connectivity index (χ0v) is 17.0. The zero-order chi connectivity index (χ0) is 20.7. The Bertz CT molecular complexity index is 886. The van der Waals surface area contributed by atoms with E-state index < -0.39 is 5.97 Å². The van der Waals surface area contributed by atoms with E-state index in [1.807, 2.05) is 18.2 Å². The summed E-state index contributed by atoms with van der Waals surface area (Å²) in [6.07, 6.45) is 2.77. The van der Waals surface area contributed by atoms with Gasteiger partial charge < -0.3 is 19.6 Å². The third-order valence-corrected chi connectivity index (χ3v) is 6.52. The van der Waals surface area contributed by atoms with E-state index >= 15 is 0 Å². The molecule has 0 spiro atoms. The van der Waals surface area contributed by atoms with Gasteiger partial charge in [0.05, 0.1) is 19.4 Å². The smallest absolute Gasteiger partial charge is 0.358 e. The van der Waals surface area contributed by atoms with Crippen molar-refractivity contribution in [3.05, 3.63) is 35.7 Å². The van der Waals surface area contributed by atoms with Crippen LogP contribution in [0.2, 0.25) is 0 Å². The van der Waals surface area contributed by atoms with Crippen LogP contribution < -0.4 is 9.80 Å². The van der Waals surface area contributed by atoms with Gasteiger partial charge in [0.2, 0.25) is 0 Å². The molecule has 2 saturated heterocycles. The highest BCUT2D eigenvalue weighted by Crippen LogP contribution is 2.46. The Hall–Kier alpha value is -2.81. The van der Waals surface area contributed by atoms with Crippen LogP contribution in [0.5, 0.6) is 0 Å². The Balaban J connectivity index is 0.000000130. The summed E-state index contributed by atoms with van der Waals surface area (Å²) in [6.45, 7) is 4.40. The van der Waals surface area contributed by atoms with Crippen molar-refractivity contribution >= 4 is 17.6 Å². The van der Waals surface area contributed by atoms with Crippen molar-refractivity contribution in [2.45, 2.75) is 19.4 Å². The molecule has 6 rings (SSSR count). The average Bonchev–Trinajstić information content (AvgIpc) is 3.65. The van der Waals surface area contributed by atoms with E-state index in [0.717, 1.165) is 61.5 Å². The SMILES string of the molecule is COC(=O)c1ccc(N2CC3CC3C2)nn1.OCc1ccc(N2CC3CC3C2)nn1. The lowest BCUT2D eigenvalue weighted by Gasteiger charge is -2.17. The number of anilines is 2. The summed E-state index contributed by atoms with van der Waals surface area (Å²) in [5.74, 6) is 4.92. The van der Waals surface area contributed by atoms with Gasteiger partial charge in [0.1, 0.15) is 0 Å². The number of aliphatic hydroxyl groups excluding tert-OH is 1. The Labute approximate surface area is 175 Å². The summed E-state index contributed by atoms with van der Waals surface area (Å²) in [4.78, 5) is 15.7. The van der Waals surface area contributed by atoms with E-state index in [4.69, 9.17) is 5.11 Å². The van der Waals surface area contributed by atoms with Crippen molar-refractivity contribution in [1.82, 2.24) is 20.4 Å². The Morgan fingerprint density at radius 2 is 1.43 bits per heavy atom. The molecule has 2 aliphatic heterocycles. The number of fused-ring (bicyclic) bond motifs is 2. The van der Waals surface area contributed by atoms with E-state index in [1.54, 1.807) is 6.07 Å². The van der Waals surface area contributed by atoms with Crippen molar-refractivity contribution in [2.75, 3.05) is 43.1 Å². The van der Waals surface area contributed by atoms with Crippen molar-refractivity contribution in [1.29, 1.82) is 0 Å². The summed E-state index contributed by atoms with van der Waals surface area (Å²) in [5, 5.41) is 24.8. The van der Waals surface area contributed by atoms with Crippen molar-refractivity contribution in [3.8, 4) is 0 Å². The Kier molecular flexibility index (Phi) is 4.98. The number of carbonyl (C=O) groups is 1. The predicted octanol–water partition coefficient (Wildman–Crippen LogP) is 1.14. The summed E-state index contributed by atoms with van der Waals surface area (Å²) in [6, 6.07) is 7.29. The standard InChI is InChI=1S/C11H13N3O2.C10H13N3O/c1-16-11(15)9-2-3-10(13-12-9)14-5-7-4-8(7)6-14;14-6-9-1-2-10(12-11-9)13-4-7-3-8(7)5-13/h2-3,7-8H,4-6H2,1H3;1-2,7-8,14H,3-6H2. The van der Waals surface area contributed by atoms with Crippen LogP contribution in [-0.2, 0) is 11.3 Å². The van der Waals surface area contributed by atoms with Crippen molar-refractivity contribution in [3.63, 3.8) is 0 Å². The molecular formula is C21H26N6O3. The van der Waals surface area contributed by atoms with Crippen LogP contribution >= 0.6 is 0 Å². The van der Waals surface area contributed by atoms with E-state index in [2.05, 4.69) is 34.9 Å². The number of nitrogens with zero attached hydrogens (tertiary/aromatic N) is 6. The molecule has 4 aliphatic rings. The molecule has 1 N–H and O–H groups in total. The first-order chi connectivity index (χ1) is 14.6. The van der Waals surface area contributed by atoms with Crippen LogP contribution in [0.25, 0.3) is 0 Å². The Morgan fingerprint density at radius 1 is 0.900 bits per heavy atom. The van der Waals surface area contributed by atoms with E-state index in [-0.39, 0.29) is 12.3 Å². The minimum Gasteiger partial charge on any atom is -0.464 e.